The summed E-state index contributed by atoms with van der Waals surface area (Å²) in [7, 11) is 1.20. The molecule has 0 aliphatic rings. The number of aromatic nitrogens is 1. The SMILES string of the molecule is COc1c(O)cnc(CN)c1C(F)F. The molecule has 0 aliphatic heterocycles. The van der Waals surface area contributed by atoms with Gasteiger partial charge in [0.05, 0.1) is 24.6 Å². The van der Waals surface area contributed by atoms with Crippen molar-refractivity contribution >= 4 is 0 Å². The summed E-state index contributed by atoms with van der Waals surface area (Å²) in [5, 5.41) is 9.20. The van der Waals surface area contributed by atoms with Crippen LogP contribution in [0.4, 0.5) is 8.78 Å². The number of alkyl halides is 2. The summed E-state index contributed by atoms with van der Waals surface area (Å²) in [6.07, 6.45) is -1.74. The molecule has 3 N–H and O–H groups in total. The van der Waals surface area contributed by atoms with Gasteiger partial charge in [-0.3, -0.25) is 4.98 Å². The Morgan fingerprint density at radius 1 is 1.64 bits per heavy atom. The van der Waals surface area contributed by atoms with E-state index in [-0.39, 0.29) is 18.0 Å². The predicted molar refractivity (Wildman–Crippen MR) is 45.3 cm³/mol. The van der Waals surface area contributed by atoms with E-state index < -0.39 is 17.7 Å². The highest BCUT2D eigenvalue weighted by Crippen LogP contribution is 2.37. The molecule has 1 aromatic heterocycles. The number of halogens is 2. The molecule has 0 fully saturated rings. The summed E-state index contributed by atoms with van der Waals surface area (Å²) in [5.41, 5.74) is 4.80. The fourth-order valence-electron chi connectivity index (χ4n) is 1.14. The van der Waals surface area contributed by atoms with Crippen molar-refractivity contribution in [3.63, 3.8) is 0 Å². The van der Waals surface area contributed by atoms with Gasteiger partial charge in [-0.2, -0.15) is 0 Å². The van der Waals surface area contributed by atoms with Gasteiger partial charge < -0.3 is 15.6 Å². The Morgan fingerprint density at radius 2 is 2.29 bits per heavy atom. The predicted octanol–water partition coefficient (Wildman–Crippen LogP) is 1.19. The van der Waals surface area contributed by atoms with Crippen molar-refractivity contribution in [1.82, 2.24) is 4.98 Å². The standard InChI is InChI=1S/C8H10F2N2O2/c1-14-7-5(13)3-12-4(2-11)6(7)8(9)10/h3,8,13H,2,11H2,1H3. The maximum absolute atomic E-state index is 12.6. The Kier molecular flexibility index (Phi) is 3.19. The van der Waals surface area contributed by atoms with E-state index in [0.29, 0.717) is 0 Å². The van der Waals surface area contributed by atoms with Gasteiger partial charge in [0.15, 0.2) is 11.5 Å². The first kappa shape index (κ1) is 10.6. The van der Waals surface area contributed by atoms with E-state index >= 15 is 0 Å². The van der Waals surface area contributed by atoms with Crippen LogP contribution in [0.15, 0.2) is 6.20 Å². The van der Waals surface area contributed by atoms with Crippen LogP contribution >= 0.6 is 0 Å². The Bertz CT molecular complexity index is 331. The van der Waals surface area contributed by atoms with Crippen molar-refractivity contribution in [3.8, 4) is 11.5 Å². The van der Waals surface area contributed by atoms with Gasteiger partial charge in [-0.1, -0.05) is 0 Å². The summed E-state index contributed by atoms with van der Waals surface area (Å²) < 4.78 is 29.8. The van der Waals surface area contributed by atoms with Crippen LogP contribution in [0.25, 0.3) is 0 Å². The minimum Gasteiger partial charge on any atom is -0.503 e. The highest BCUT2D eigenvalue weighted by atomic mass is 19.3. The Balaban J connectivity index is 3.36. The zero-order valence-corrected chi connectivity index (χ0v) is 7.50. The molecule has 14 heavy (non-hydrogen) atoms. The quantitative estimate of drug-likeness (QED) is 0.776. The molecular weight excluding hydrogens is 194 g/mol. The first-order valence-corrected chi connectivity index (χ1v) is 3.84. The lowest BCUT2D eigenvalue weighted by Crippen LogP contribution is -2.07. The molecular formula is C8H10F2N2O2. The number of ether oxygens (including phenoxy) is 1. The van der Waals surface area contributed by atoms with Crippen molar-refractivity contribution in [2.45, 2.75) is 13.0 Å². The van der Waals surface area contributed by atoms with Crippen molar-refractivity contribution < 1.29 is 18.6 Å². The molecule has 78 valence electrons. The zero-order chi connectivity index (χ0) is 10.7. The summed E-state index contributed by atoms with van der Waals surface area (Å²) in [4.78, 5) is 3.59. The van der Waals surface area contributed by atoms with E-state index in [1.807, 2.05) is 0 Å². The molecule has 0 spiro atoms. The summed E-state index contributed by atoms with van der Waals surface area (Å²) in [6, 6.07) is 0. The average molecular weight is 204 g/mol. The largest absolute Gasteiger partial charge is 0.503 e. The third-order valence-corrected chi connectivity index (χ3v) is 1.75. The summed E-state index contributed by atoms with van der Waals surface area (Å²) in [5.74, 6) is -0.685. The Hall–Kier alpha value is -1.43. The van der Waals surface area contributed by atoms with Gasteiger partial charge in [0.2, 0.25) is 0 Å². The van der Waals surface area contributed by atoms with Crippen LogP contribution in [-0.2, 0) is 6.54 Å². The molecule has 1 heterocycles. The van der Waals surface area contributed by atoms with Gasteiger partial charge >= 0.3 is 0 Å². The molecule has 1 aromatic rings. The van der Waals surface area contributed by atoms with E-state index in [0.717, 1.165) is 6.20 Å². The Labute approximate surface area is 79.3 Å². The third kappa shape index (κ3) is 1.74. The van der Waals surface area contributed by atoms with Crippen LogP contribution in [0.2, 0.25) is 0 Å². The second-order valence-electron chi connectivity index (χ2n) is 2.54. The third-order valence-electron chi connectivity index (χ3n) is 1.75. The topological polar surface area (TPSA) is 68.4 Å². The van der Waals surface area contributed by atoms with E-state index in [9.17, 15) is 13.9 Å². The second kappa shape index (κ2) is 4.19. The lowest BCUT2D eigenvalue weighted by Gasteiger charge is -2.12. The number of nitrogens with two attached hydrogens (primary N) is 1. The fraction of sp³-hybridized carbons (Fsp3) is 0.375. The van der Waals surface area contributed by atoms with Gasteiger partial charge in [0, 0.05) is 6.54 Å². The lowest BCUT2D eigenvalue weighted by atomic mass is 10.1. The van der Waals surface area contributed by atoms with E-state index in [4.69, 9.17) is 5.73 Å². The lowest BCUT2D eigenvalue weighted by molar-refractivity contribution is 0.144. The number of hydrogen-bond acceptors (Lipinski definition) is 4. The molecule has 0 atom stereocenters. The molecule has 0 saturated heterocycles. The van der Waals surface area contributed by atoms with Gasteiger partial charge in [-0.15, -0.1) is 0 Å². The smallest absolute Gasteiger partial charge is 0.269 e. The van der Waals surface area contributed by atoms with Crippen LogP contribution in [0, 0.1) is 0 Å². The number of methoxy groups -OCH3 is 1. The Morgan fingerprint density at radius 3 is 2.71 bits per heavy atom. The summed E-state index contributed by atoms with van der Waals surface area (Å²) >= 11 is 0. The zero-order valence-electron chi connectivity index (χ0n) is 7.50. The molecule has 0 aromatic carbocycles. The molecule has 0 amide bonds. The first-order chi connectivity index (χ1) is 6.61. The van der Waals surface area contributed by atoms with Crippen LogP contribution in [0.5, 0.6) is 11.5 Å². The van der Waals surface area contributed by atoms with Crippen molar-refractivity contribution in [2.75, 3.05) is 7.11 Å². The fourth-order valence-corrected chi connectivity index (χ4v) is 1.14. The van der Waals surface area contributed by atoms with Gasteiger partial charge in [0.25, 0.3) is 6.43 Å². The first-order valence-electron chi connectivity index (χ1n) is 3.84. The van der Waals surface area contributed by atoms with Crippen LogP contribution in [0.3, 0.4) is 0 Å². The maximum atomic E-state index is 12.6. The normalized spacial score (nSPS) is 10.6. The minimum absolute atomic E-state index is 0.0228. The monoisotopic (exact) mass is 204 g/mol. The molecule has 0 bridgehead atoms. The highest BCUT2D eigenvalue weighted by molar-refractivity contribution is 5.47. The van der Waals surface area contributed by atoms with Crippen molar-refractivity contribution in [2.24, 2.45) is 5.73 Å². The van der Waals surface area contributed by atoms with Crippen LogP contribution in [0.1, 0.15) is 17.7 Å². The van der Waals surface area contributed by atoms with Crippen molar-refractivity contribution in [3.05, 3.63) is 17.5 Å². The van der Waals surface area contributed by atoms with Crippen molar-refractivity contribution in [1.29, 1.82) is 0 Å². The van der Waals surface area contributed by atoms with E-state index in [2.05, 4.69) is 9.72 Å². The maximum Gasteiger partial charge on any atom is 0.269 e. The van der Waals surface area contributed by atoms with Gasteiger partial charge in [-0.05, 0) is 0 Å². The molecule has 0 radical (unpaired) electrons. The summed E-state index contributed by atoms with van der Waals surface area (Å²) in [6.45, 7) is -0.129. The average Bonchev–Trinajstić information content (AvgIpc) is 2.17. The van der Waals surface area contributed by atoms with Crippen LogP contribution < -0.4 is 10.5 Å². The molecule has 0 aliphatic carbocycles. The molecule has 1 rings (SSSR count). The number of pyridine rings is 1. The molecule has 0 saturated carbocycles. The van der Waals surface area contributed by atoms with Gasteiger partial charge in [0.1, 0.15) is 0 Å². The molecule has 0 unspecified atom stereocenters. The van der Waals surface area contributed by atoms with Gasteiger partial charge in [-0.25, -0.2) is 8.78 Å². The van der Waals surface area contributed by atoms with E-state index in [1.165, 1.54) is 7.11 Å². The number of aromatic hydroxyl groups is 1. The number of rotatable bonds is 3. The molecule has 4 nitrogen and oxygen atoms in total. The number of hydrogen-bond donors (Lipinski definition) is 2. The van der Waals surface area contributed by atoms with E-state index in [1.54, 1.807) is 0 Å². The molecule has 6 heteroatoms. The second-order valence-corrected chi connectivity index (χ2v) is 2.54. The van der Waals surface area contributed by atoms with Crippen LogP contribution in [-0.4, -0.2) is 17.2 Å². The highest BCUT2D eigenvalue weighted by Gasteiger charge is 2.22. The number of nitrogens with zero attached hydrogens (tertiary/aromatic N) is 1. The minimum atomic E-state index is -2.77.